The Bertz CT molecular complexity index is 491. The molecular formula is C8H5N5S2. The zero-order valence-corrected chi connectivity index (χ0v) is 9.05. The average molecular weight is 235 g/mol. The van der Waals surface area contributed by atoms with E-state index in [1.807, 2.05) is 10.8 Å². The summed E-state index contributed by atoms with van der Waals surface area (Å²) in [6.07, 6.45) is 3.48. The van der Waals surface area contributed by atoms with Crippen LogP contribution in [0.5, 0.6) is 0 Å². The third-order valence-corrected chi connectivity index (χ3v) is 3.29. The van der Waals surface area contributed by atoms with E-state index in [0.29, 0.717) is 11.6 Å². The fourth-order valence-electron chi connectivity index (χ4n) is 1.13. The van der Waals surface area contributed by atoms with Gasteiger partial charge in [-0.1, -0.05) is 0 Å². The first-order valence-corrected chi connectivity index (χ1v) is 5.91. The van der Waals surface area contributed by atoms with Crippen LogP contribution in [0.1, 0.15) is 0 Å². The molecule has 0 saturated carbocycles. The Kier molecular flexibility index (Phi) is 2.04. The maximum Gasteiger partial charge on any atom is 0.210 e. The largest absolute Gasteiger partial charge is 0.257 e. The number of hydrogen-bond acceptors (Lipinski definition) is 6. The molecule has 0 aliphatic heterocycles. The van der Waals surface area contributed by atoms with E-state index in [0.717, 1.165) is 10.0 Å². The van der Waals surface area contributed by atoms with Crippen molar-refractivity contribution in [3.05, 3.63) is 23.2 Å². The predicted octanol–water partition coefficient (Wildman–Crippen LogP) is 2.05. The summed E-state index contributed by atoms with van der Waals surface area (Å²) in [4.78, 5) is 12.6. The molecule has 0 aliphatic carbocycles. The number of H-pyrrole nitrogens is 1. The van der Waals surface area contributed by atoms with Crippen molar-refractivity contribution in [2.75, 3.05) is 0 Å². The number of hydrogen-bond donors (Lipinski definition) is 1. The molecule has 0 aromatic carbocycles. The maximum atomic E-state index is 4.32. The van der Waals surface area contributed by atoms with E-state index < -0.39 is 0 Å². The molecule has 3 aromatic rings. The number of rotatable bonds is 2. The van der Waals surface area contributed by atoms with Crippen LogP contribution in [0.15, 0.2) is 23.2 Å². The Hall–Kier alpha value is -1.60. The second kappa shape index (κ2) is 3.52. The first-order chi connectivity index (χ1) is 7.43. The molecule has 3 aromatic heterocycles. The molecule has 0 saturated heterocycles. The lowest BCUT2D eigenvalue weighted by molar-refractivity contribution is 1.09. The van der Waals surface area contributed by atoms with Gasteiger partial charge in [-0.3, -0.25) is 5.10 Å². The van der Waals surface area contributed by atoms with Crippen LogP contribution >= 0.6 is 22.7 Å². The van der Waals surface area contributed by atoms with Gasteiger partial charge in [0.25, 0.3) is 0 Å². The summed E-state index contributed by atoms with van der Waals surface area (Å²) in [6.45, 7) is 0. The van der Waals surface area contributed by atoms with Gasteiger partial charge in [0.1, 0.15) is 0 Å². The van der Waals surface area contributed by atoms with Crippen molar-refractivity contribution in [1.29, 1.82) is 0 Å². The first-order valence-electron chi connectivity index (χ1n) is 4.15. The van der Waals surface area contributed by atoms with Crippen molar-refractivity contribution in [2.45, 2.75) is 0 Å². The Morgan fingerprint density at radius 3 is 2.40 bits per heavy atom. The lowest BCUT2D eigenvalue weighted by atomic mass is 10.6. The quantitative estimate of drug-likeness (QED) is 0.738. The molecule has 0 bridgehead atoms. The molecule has 0 fully saturated rings. The Morgan fingerprint density at radius 1 is 1.00 bits per heavy atom. The van der Waals surface area contributed by atoms with Gasteiger partial charge >= 0.3 is 0 Å². The predicted molar refractivity (Wildman–Crippen MR) is 58.6 cm³/mol. The molecule has 0 aliphatic rings. The Balaban J connectivity index is 2.02. The topological polar surface area (TPSA) is 67.3 Å². The zero-order chi connectivity index (χ0) is 10.1. The molecule has 0 amide bonds. The van der Waals surface area contributed by atoms with Crippen LogP contribution in [-0.2, 0) is 0 Å². The molecule has 0 unspecified atom stereocenters. The molecule has 0 spiro atoms. The zero-order valence-electron chi connectivity index (χ0n) is 7.41. The van der Waals surface area contributed by atoms with Gasteiger partial charge in [0.2, 0.25) is 5.82 Å². The summed E-state index contributed by atoms with van der Waals surface area (Å²) in [6, 6.07) is 0. The van der Waals surface area contributed by atoms with Gasteiger partial charge in [-0.2, -0.15) is 5.10 Å². The van der Waals surface area contributed by atoms with E-state index in [-0.39, 0.29) is 0 Å². The van der Waals surface area contributed by atoms with Crippen molar-refractivity contribution in [3.8, 4) is 21.7 Å². The van der Waals surface area contributed by atoms with Crippen molar-refractivity contribution in [3.63, 3.8) is 0 Å². The van der Waals surface area contributed by atoms with Gasteiger partial charge in [0, 0.05) is 23.2 Å². The molecule has 0 atom stereocenters. The minimum atomic E-state index is 0.621. The standard InChI is InChI=1S/C8H5N5S2/c1-3-14-7(9-1)5-11-6(13-12-5)8-10-2-4-15-8/h1-4H,(H,11,12,13). The first kappa shape index (κ1) is 8.69. The average Bonchev–Trinajstić information content (AvgIpc) is 3.02. The molecule has 3 heterocycles. The second-order valence-corrected chi connectivity index (χ2v) is 4.47. The number of thiazole rings is 2. The normalized spacial score (nSPS) is 10.7. The third kappa shape index (κ3) is 1.55. The highest BCUT2D eigenvalue weighted by atomic mass is 32.1. The number of aromatic nitrogens is 5. The summed E-state index contributed by atoms with van der Waals surface area (Å²) in [7, 11) is 0. The fraction of sp³-hybridized carbons (Fsp3) is 0. The lowest BCUT2D eigenvalue weighted by Gasteiger charge is -1.84. The van der Waals surface area contributed by atoms with Crippen LogP contribution in [0.3, 0.4) is 0 Å². The van der Waals surface area contributed by atoms with Crippen LogP contribution in [0.25, 0.3) is 21.7 Å². The highest BCUT2D eigenvalue weighted by Gasteiger charge is 2.10. The SMILES string of the molecule is c1csc(-c2n[nH]c(-c3nccs3)n2)n1. The van der Waals surface area contributed by atoms with Gasteiger partial charge in [-0.15, -0.1) is 22.7 Å². The van der Waals surface area contributed by atoms with Crippen molar-refractivity contribution < 1.29 is 0 Å². The van der Waals surface area contributed by atoms with E-state index in [1.54, 1.807) is 12.4 Å². The molecule has 1 N–H and O–H groups in total. The molecule has 7 heteroatoms. The van der Waals surface area contributed by atoms with Crippen LogP contribution in [0, 0.1) is 0 Å². The lowest BCUT2D eigenvalue weighted by Crippen LogP contribution is -1.78. The third-order valence-electron chi connectivity index (χ3n) is 1.74. The van der Waals surface area contributed by atoms with Gasteiger partial charge in [0.15, 0.2) is 15.8 Å². The molecule has 15 heavy (non-hydrogen) atoms. The van der Waals surface area contributed by atoms with Gasteiger partial charge in [-0.05, 0) is 0 Å². The monoisotopic (exact) mass is 235 g/mol. The van der Waals surface area contributed by atoms with Crippen molar-refractivity contribution >= 4 is 22.7 Å². The van der Waals surface area contributed by atoms with E-state index in [9.17, 15) is 0 Å². The highest BCUT2D eigenvalue weighted by molar-refractivity contribution is 7.13. The van der Waals surface area contributed by atoms with Crippen LogP contribution in [-0.4, -0.2) is 25.1 Å². The number of aromatic amines is 1. The Labute approximate surface area is 92.9 Å². The number of nitrogens with zero attached hydrogens (tertiary/aromatic N) is 4. The molecular weight excluding hydrogens is 230 g/mol. The highest BCUT2D eigenvalue weighted by Crippen LogP contribution is 2.22. The van der Waals surface area contributed by atoms with Crippen LogP contribution in [0.4, 0.5) is 0 Å². The van der Waals surface area contributed by atoms with Gasteiger partial charge < -0.3 is 0 Å². The summed E-state index contributed by atoms with van der Waals surface area (Å²) >= 11 is 3.04. The van der Waals surface area contributed by atoms with E-state index in [2.05, 4.69) is 25.1 Å². The van der Waals surface area contributed by atoms with Crippen molar-refractivity contribution in [2.24, 2.45) is 0 Å². The maximum absolute atomic E-state index is 4.32. The smallest absolute Gasteiger partial charge is 0.210 e. The molecule has 0 radical (unpaired) electrons. The van der Waals surface area contributed by atoms with E-state index >= 15 is 0 Å². The minimum absolute atomic E-state index is 0.621. The van der Waals surface area contributed by atoms with Crippen LogP contribution in [0.2, 0.25) is 0 Å². The fourth-order valence-corrected chi connectivity index (χ4v) is 2.27. The summed E-state index contributed by atoms with van der Waals surface area (Å²) < 4.78 is 0. The summed E-state index contributed by atoms with van der Waals surface area (Å²) in [5.41, 5.74) is 0. The molecule has 3 rings (SSSR count). The van der Waals surface area contributed by atoms with Crippen LogP contribution < -0.4 is 0 Å². The number of nitrogens with one attached hydrogen (secondary N) is 1. The summed E-state index contributed by atoms with van der Waals surface area (Å²) in [5, 5.41) is 12.4. The second-order valence-electron chi connectivity index (χ2n) is 2.68. The molecule has 74 valence electrons. The van der Waals surface area contributed by atoms with E-state index in [1.165, 1.54) is 22.7 Å². The van der Waals surface area contributed by atoms with Gasteiger partial charge in [-0.25, -0.2) is 15.0 Å². The summed E-state index contributed by atoms with van der Waals surface area (Å²) in [5.74, 6) is 1.31. The molecule has 5 nitrogen and oxygen atoms in total. The van der Waals surface area contributed by atoms with Crippen molar-refractivity contribution in [1.82, 2.24) is 25.1 Å². The van der Waals surface area contributed by atoms with E-state index in [4.69, 9.17) is 0 Å². The Morgan fingerprint density at radius 2 is 1.73 bits per heavy atom. The van der Waals surface area contributed by atoms with Gasteiger partial charge in [0.05, 0.1) is 0 Å². The minimum Gasteiger partial charge on any atom is -0.257 e.